The van der Waals surface area contributed by atoms with Crippen LogP contribution in [0.25, 0.3) is 0 Å². The fourth-order valence-corrected chi connectivity index (χ4v) is 1.37. The second-order valence-corrected chi connectivity index (χ2v) is 3.00. The smallest absolute Gasteiger partial charge is 0.306 e. The minimum atomic E-state index is -0.593. The van der Waals surface area contributed by atoms with E-state index in [1.54, 1.807) is 0 Å². The first kappa shape index (κ1) is 10.5. The number of hydrogen-bond acceptors (Lipinski definition) is 4. The summed E-state index contributed by atoms with van der Waals surface area (Å²) in [6, 6.07) is 1.02. The Morgan fingerprint density at radius 2 is 2.21 bits per heavy atom. The molecule has 1 aromatic heterocycles. The minimum absolute atomic E-state index is 0.173. The molecule has 0 aliphatic heterocycles. The normalized spacial score (nSPS) is 9.93. The Morgan fingerprint density at radius 3 is 2.64 bits per heavy atom. The number of aromatic nitrogens is 1. The number of halogens is 1. The fraction of sp³-hybridized carbons (Fsp3) is 0.286. The second-order valence-electron chi connectivity index (χ2n) is 2.61. The van der Waals surface area contributed by atoms with Gasteiger partial charge in [-0.1, -0.05) is 0 Å². The molecule has 7 heteroatoms. The summed E-state index contributed by atoms with van der Waals surface area (Å²) in [5.74, 6) is 0. The van der Waals surface area contributed by atoms with Gasteiger partial charge in [0.15, 0.2) is 5.69 Å². The molecule has 1 rings (SSSR count). The van der Waals surface area contributed by atoms with Crippen LogP contribution in [0.4, 0.5) is 11.4 Å². The summed E-state index contributed by atoms with van der Waals surface area (Å²) in [5.41, 5.74) is 0.142. The number of nitrogens with one attached hydrogen (secondary N) is 1. The standard InChI is InChI=1S/C7H8ClN3O3/c1-4-7(9-2)5(11(13)14)3-6(8)10(4)12/h3,9H,1-2H3. The average Bonchev–Trinajstić information content (AvgIpc) is 2.13. The van der Waals surface area contributed by atoms with Gasteiger partial charge in [-0.3, -0.25) is 10.1 Å². The quantitative estimate of drug-likeness (QED) is 0.266. The van der Waals surface area contributed by atoms with Gasteiger partial charge >= 0.3 is 5.69 Å². The molecule has 1 aromatic rings. The third-order valence-electron chi connectivity index (χ3n) is 1.82. The summed E-state index contributed by atoms with van der Waals surface area (Å²) in [7, 11) is 1.50. The van der Waals surface area contributed by atoms with E-state index in [4.69, 9.17) is 11.6 Å². The number of anilines is 1. The lowest BCUT2D eigenvalue weighted by atomic mass is 10.2. The van der Waals surface area contributed by atoms with Crippen molar-refractivity contribution in [2.24, 2.45) is 0 Å². The van der Waals surface area contributed by atoms with Crippen LogP contribution < -0.4 is 10.0 Å². The molecular weight excluding hydrogens is 210 g/mol. The zero-order valence-electron chi connectivity index (χ0n) is 7.57. The zero-order valence-corrected chi connectivity index (χ0v) is 8.33. The Bertz CT molecular complexity index is 394. The van der Waals surface area contributed by atoms with Crippen molar-refractivity contribution >= 4 is 23.0 Å². The van der Waals surface area contributed by atoms with Gasteiger partial charge in [-0.2, -0.15) is 4.73 Å². The Hall–Kier alpha value is -1.56. The first-order chi connectivity index (χ1) is 6.49. The van der Waals surface area contributed by atoms with E-state index in [1.807, 2.05) is 0 Å². The molecule has 0 bridgehead atoms. The van der Waals surface area contributed by atoms with Crippen molar-refractivity contribution < 1.29 is 9.65 Å². The van der Waals surface area contributed by atoms with Gasteiger partial charge in [-0.05, 0) is 11.6 Å². The van der Waals surface area contributed by atoms with E-state index < -0.39 is 4.92 Å². The lowest BCUT2D eigenvalue weighted by Gasteiger charge is -2.07. The van der Waals surface area contributed by atoms with E-state index in [2.05, 4.69) is 5.32 Å². The zero-order chi connectivity index (χ0) is 10.9. The maximum Gasteiger partial charge on any atom is 0.306 e. The predicted molar refractivity (Wildman–Crippen MR) is 51.4 cm³/mol. The highest BCUT2D eigenvalue weighted by Gasteiger charge is 2.24. The molecule has 0 aliphatic carbocycles. The molecule has 1 heterocycles. The third kappa shape index (κ3) is 1.56. The number of hydrogen-bond donors (Lipinski definition) is 1. The monoisotopic (exact) mass is 217 g/mol. The Balaban J connectivity index is 3.51. The van der Waals surface area contributed by atoms with Crippen molar-refractivity contribution in [2.75, 3.05) is 12.4 Å². The van der Waals surface area contributed by atoms with Crippen LogP contribution >= 0.6 is 11.6 Å². The van der Waals surface area contributed by atoms with Crippen LogP contribution in [0, 0.1) is 22.2 Å². The lowest BCUT2D eigenvalue weighted by Crippen LogP contribution is -2.32. The van der Waals surface area contributed by atoms with Crippen molar-refractivity contribution in [3.05, 3.63) is 32.2 Å². The maximum absolute atomic E-state index is 11.2. The molecule has 0 unspecified atom stereocenters. The van der Waals surface area contributed by atoms with E-state index in [9.17, 15) is 15.3 Å². The minimum Gasteiger partial charge on any atom is -0.617 e. The molecule has 1 N–H and O–H groups in total. The van der Waals surface area contributed by atoms with E-state index in [-0.39, 0.29) is 22.2 Å². The SMILES string of the molecule is CNc1c([N+](=O)[O-])cc(Cl)[n+]([O-])c1C. The molecular formula is C7H8ClN3O3. The molecule has 0 saturated carbocycles. The van der Waals surface area contributed by atoms with Crippen LogP contribution in [0.15, 0.2) is 6.07 Å². The number of pyridine rings is 1. The van der Waals surface area contributed by atoms with Gasteiger partial charge in [0.05, 0.1) is 4.92 Å². The van der Waals surface area contributed by atoms with Crippen LogP contribution in [0.5, 0.6) is 0 Å². The molecule has 6 nitrogen and oxygen atoms in total. The van der Waals surface area contributed by atoms with Crippen molar-refractivity contribution in [3.63, 3.8) is 0 Å². The third-order valence-corrected chi connectivity index (χ3v) is 2.08. The van der Waals surface area contributed by atoms with Gasteiger partial charge in [0.1, 0.15) is 6.07 Å². The molecule has 0 aromatic carbocycles. The summed E-state index contributed by atoms with van der Waals surface area (Å²) in [5, 5.41) is 24.2. The van der Waals surface area contributed by atoms with Gasteiger partial charge < -0.3 is 10.5 Å². The van der Waals surface area contributed by atoms with Crippen LogP contribution in [-0.2, 0) is 0 Å². The highest BCUT2D eigenvalue weighted by Crippen LogP contribution is 2.27. The van der Waals surface area contributed by atoms with Gasteiger partial charge in [-0.25, -0.2) is 0 Å². The molecule has 0 amide bonds. The molecule has 0 atom stereocenters. The predicted octanol–water partition coefficient (Wildman–Crippen LogP) is 1.23. The van der Waals surface area contributed by atoms with E-state index >= 15 is 0 Å². The Morgan fingerprint density at radius 1 is 1.64 bits per heavy atom. The van der Waals surface area contributed by atoms with Crippen LogP contribution in [0.3, 0.4) is 0 Å². The summed E-state index contributed by atoms with van der Waals surface area (Å²) in [4.78, 5) is 10.00. The number of nitro groups is 1. The molecule has 0 aliphatic rings. The van der Waals surface area contributed by atoms with Gasteiger partial charge in [0, 0.05) is 14.0 Å². The first-order valence-corrected chi connectivity index (χ1v) is 4.11. The van der Waals surface area contributed by atoms with E-state index in [1.165, 1.54) is 14.0 Å². The van der Waals surface area contributed by atoms with Crippen molar-refractivity contribution in [2.45, 2.75) is 6.92 Å². The van der Waals surface area contributed by atoms with Crippen molar-refractivity contribution in [3.8, 4) is 0 Å². The van der Waals surface area contributed by atoms with Crippen molar-refractivity contribution in [1.82, 2.24) is 0 Å². The van der Waals surface area contributed by atoms with Crippen LogP contribution in [0.2, 0.25) is 5.15 Å². The molecule has 76 valence electrons. The lowest BCUT2D eigenvalue weighted by molar-refractivity contribution is -0.609. The van der Waals surface area contributed by atoms with Crippen LogP contribution in [-0.4, -0.2) is 12.0 Å². The topological polar surface area (TPSA) is 82.1 Å². The Labute approximate surface area is 84.8 Å². The number of rotatable bonds is 2. The molecule has 0 spiro atoms. The number of nitrogens with zero attached hydrogens (tertiary/aromatic N) is 2. The van der Waals surface area contributed by atoms with Crippen molar-refractivity contribution in [1.29, 1.82) is 0 Å². The van der Waals surface area contributed by atoms with Gasteiger partial charge in [0.2, 0.25) is 5.69 Å². The Kier molecular flexibility index (Phi) is 2.76. The molecule has 0 radical (unpaired) electrons. The average molecular weight is 218 g/mol. The second kappa shape index (κ2) is 3.67. The molecule has 0 saturated heterocycles. The highest BCUT2D eigenvalue weighted by atomic mass is 35.5. The summed E-state index contributed by atoms with van der Waals surface area (Å²) in [6.45, 7) is 1.46. The fourth-order valence-electron chi connectivity index (χ4n) is 1.14. The highest BCUT2D eigenvalue weighted by molar-refractivity contribution is 6.28. The summed E-state index contributed by atoms with van der Waals surface area (Å²) >= 11 is 5.51. The summed E-state index contributed by atoms with van der Waals surface area (Å²) in [6.07, 6.45) is 0. The van der Waals surface area contributed by atoms with Crippen LogP contribution in [0.1, 0.15) is 5.69 Å². The molecule has 0 fully saturated rings. The van der Waals surface area contributed by atoms with E-state index in [0.29, 0.717) is 4.73 Å². The van der Waals surface area contributed by atoms with Gasteiger partial charge in [0.25, 0.3) is 5.15 Å². The van der Waals surface area contributed by atoms with E-state index in [0.717, 1.165) is 6.07 Å². The first-order valence-electron chi connectivity index (χ1n) is 3.73. The maximum atomic E-state index is 11.2. The van der Waals surface area contributed by atoms with Gasteiger partial charge in [-0.15, -0.1) is 0 Å². The largest absolute Gasteiger partial charge is 0.617 e. The molecule has 14 heavy (non-hydrogen) atoms. The summed E-state index contributed by atoms with van der Waals surface area (Å²) < 4.78 is 0.431.